The van der Waals surface area contributed by atoms with Gasteiger partial charge in [0.05, 0.1) is 12.3 Å². The third kappa shape index (κ3) is 4.53. The van der Waals surface area contributed by atoms with Gasteiger partial charge in [0.1, 0.15) is 6.07 Å². The standard InChI is InChI=1S/C13H14ClN3O2/c1-3-19-13(18)10(7-15)8-16-17-11-5-4-9(2)12(14)6-11/h4-6,8,16-17H,3H2,1-2H3/b10-8+. The van der Waals surface area contributed by atoms with Crippen molar-refractivity contribution in [2.45, 2.75) is 13.8 Å². The van der Waals surface area contributed by atoms with Gasteiger partial charge in [-0.2, -0.15) is 5.26 Å². The van der Waals surface area contributed by atoms with Gasteiger partial charge in [-0.3, -0.25) is 0 Å². The lowest BCUT2D eigenvalue weighted by Crippen LogP contribution is -2.17. The highest BCUT2D eigenvalue weighted by Crippen LogP contribution is 2.19. The van der Waals surface area contributed by atoms with Crippen LogP contribution in [-0.2, 0) is 9.53 Å². The number of nitriles is 1. The molecule has 19 heavy (non-hydrogen) atoms. The average molecular weight is 280 g/mol. The van der Waals surface area contributed by atoms with E-state index in [0.717, 1.165) is 5.56 Å². The van der Waals surface area contributed by atoms with E-state index in [1.807, 2.05) is 19.1 Å². The number of nitrogens with zero attached hydrogens (tertiary/aromatic N) is 1. The largest absolute Gasteiger partial charge is 0.462 e. The van der Waals surface area contributed by atoms with Crippen LogP contribution in [0.25, 0.3) is 0 Å². The Balaban J connectivity index is 2.63. The molecule has 0 heterocycles. The number of hydrazine groups is 1. The van der Waals surface area contributed by atoms with Crippen LogP contribution in [0.4, 0.5) is 5.69 Å². The van der Waals surface area contributed by atoms with Crippen LogP contribution in [-0.4, -0.2) is 12.6 Å². The highest BCUT2D eigenvalue weighted by Gasteiger charge is 2.08. The van der Waals surface area contributed by atoms with Crippen molar-refractivity contribution in [1.29, 1.82) is 5.26 Å². The number of ether oxygens (including phenoxy) is 1. The van der Waals surface area contributed by atoms with Gasteiger partial charge < -0.3 is 15.6 Å². The van der Waals surface area contributed by atoms with E-state index < -0.39 is 5.97 Å². The molecule has 0 aliphatic rings. The summed E-state index contributed by atoms with van der Waals surface area (Å²) in [6, 6.07) is 7.15. The predicted molar refractivity (Wildman–Crippen MR) is 73.3 cm³/mol. The highest BCUT2D eigenvalue weighted by atomic mass is 35.5. The summed E-state index contributed by atoms with van der Waals surface area (Å²) in [5.41, 5.74) is 7.01. The van der Waals surface area contributed by atoms with Crippen LogP contribution in [0.1, 0.15) is 12.5 Å². The Morgan fingerprint density at radius 1 is 1.58 bits per heavy atom. The van der Waals surface area contributed by atoms with Gasteiger partial charge >= 0.3 is 5.97 Å². The lowest BCUT2D eigenvalue weighted by molar-refractivity contribution is -0.138. The second-order valence-electron chi connectivity index (χ2n) is 3.62. The van der Waals surface area contributed by atoms with Gasteiger partial charge in [-0.15, -0.1) is 0 Å². The number of aryl methyl sites for hydroxylation is 1. The Morgan fingerprint density at radius 2 is 2.32 bits per heavy atom. The molecule has 0 unspecified atom stereocenters. The number of rotatable bonds is 5. The quantitative estimate of drug-likeness (QED) is 0.375. The van der Waals surface area contributed by atoms with Crippen LogP contribution in [0, 0.1) is 18.3 Å². The summed E-state index contributed by atoms with van der Waals surface area (Å²) in [6.45, 7) is 3.79. The van der Waals surface area contributed by atoms with Gasteiger partial charge in [-0.05, 0) is 31.5 Å². The summed E-state index contributed by atoms with van der Waals surface area (Å²) in [6.07, 6.45) is 1.24. The molecule has 0 aliphatic carbocycles. The topological polar surface area (TPSA) is 74.2 Å². The van der Waals surface area contributed by atoms with Crippen molar-refractivity contribution in [2.75, 3.05) is 12.0 Å². The minimum atomic E-state index is -0.666. The molecule has 0 amide bonds. The minimum absolute atomic E-state index is 0.118. The number of hydrogen-bond donors (Lipinski definition) is 2. The molecule has 0 aliphatic heterocycles. The fourth-order valence-electron chi connectivity index (χ4n) is 1.21. The molecule has 1 aromatic carbocycles. The van der Waals surface area contributed by atoms with Gasteiger partial charge in [0.2, 0.25) is 0 Å². The second-order valence-corrected chi connectivity index (χ2v) is 4.03. The Morgan fingerprint density at radius 3 is 2.89 bits per heavy atom. The van der Waals surface area contributed by atoms with Crippen LogP contribution >= 0.6 is 11.6 Å². The molecule has 0 radical (unpaired) electrons. The molecule has 5 nitrogen and oxygen atoms in total. The average Bonchev–Trinajstić information content (AvgIpc) is 2.39. The normalized spacial score (nSPS) is 10.5. The van der Waals surface area contributed by atoms with Crippen molar-refractivity contribution in [3.8, 4) is 6.07 Å². The van der Waals surface area contributed by atoms with E-state index in [4.69, 9.17) is 21.6 Å². The van der Waals surface area contributed by atoms with E-state index in [9.17, 15) is 4.79 Å². The van der Waals surface area contributed by atoms with Gasteiger partial charge in [0.15, 0.2) is 5.57 Å². The molecular weight excluding hydrogens is 266 g/mol. The third-order valence-electron chi connectivity index (χ3n) is 2.22. The van der Waals surface area contributed by atoms with Crippen LogP contribution in [0.15, 0.2) is 30.0 Å². The number of hydrogen-bond acceptors (Lipinski definition) is 5. The summed E-state index contributed by atoms with van der Waals surface area (Å²) >= 11 is 5.96. The summed E-state index contributed by atoms with van der Waals surface area (Å²) in [7, 11) is 0. The minimum Gasteiger partial charge on any atom is -0.462 e. The zero-order valence-corrected chi connectivity index (χ0v) is 11.4. The molecule has 0 bridgehead atoms. The highest BCUT2D eigenvalue weighted by molar-refractivity contribution is 6.31. The van der Waals surface area contributed by atoms with Crippen molar-refractivity contribution in [1.82, 2.24) is 5.43 Å². The maximum atomic E-state index is 11.3. The number of benzene rings is 1. The molecule has 1 aromatic rings. The van der Waals surface area contributed by atoms with E-state index in [2.05, 4.69) is 10.9 Å². The van der Waals surface area contributed by atoms with E-state index >= 15 is 0 Å². The van der Waals surface area contributed by atoms with E-state index in [-0.39, 0.29) is 12.2 Å². The third-order valence-corrected chi connectivity index (χ3v) is 2.63. The first kappa shape index (κ1) is 14.9. The molecule has 100 valence electrons. The zero-order valence-electron chi connectivity index (χ0n) is 10.7. The molecule has 0 saturated carbocycles. The van der Waals surface area contributed by atoms with Crippen molar-refractivity contribution < 1.29 is 9.53 Å². The number of carbonyl (C=O) groups excluding carboxylic acids is 1. The Labute approximate surface area is 116 Å². The molecule has 1 rings (SSSR count). The van der Waals surface area contributed by atoms with Gasteiger partial charge in [-0.1, -0.05) is 17.7 Å². The van der Waals surface area contributed by atoms with Gasteiger partial charge in [0, 0.05) is 11.2 Å². The van der Waals surface area contributed by atoms with Gasteiger partial charge in [-0.25, -0.2) is 4.79 Å². The SMILES string of the molecule is CCOC(=O)/C(C#N)=C/NNc1ccc(C)c(Cl)c1. The smallest absolute Gasteiger partial charge is 0.350 e. The molecule has 0 spiro atoms. The van der Waals surface area contributed by atoms with Crippen molar-refractivity contribution >= 4 is 23.3 Å². The van der Waals surface area contributed by atoms with Crippen LogP contribution < -0.4 is 10.9 Å². The maximum absolute atomic E-state index is 11.3. The summed E-state index contributed by atoms with van der Waals surface area (Å²) in [5.74, 6) is -0.666. The molecule has 2 N–H and O–H groups in total. The first-order valence-electron chi connectivity index (χ1n) is 5.63. The number of esters is 1. The Hall–Kier alpha value is -2.19. The first-order valence-corrected chi connectivity index (χ1v) is 6.01. The van der Waals surface area contributed by atoms with Crippen LogP contribution in [0.3, 0.4) is 0 Å². The predicted octanol–water partition coefficient (Wildman–Crippen LogP) is 2.54. The second kappa shape index (κ2) is 7.29. The summed E-state index contributed by atoms with van der Waals surface area (Å²) in [5, 5.41) is 9.42. The fourth-order valence-corrected chi connectivity index (χ4v) is 1.39. The summed E-state index contributed by atoms with van der Waals surface area (Å²) in [4.78, 5) is 11.3. The number of anilines is 1. The zero-order chi connectivity index (χ0) is 14.3. The monoisotopic (exact) mass is 279 g/mol. The lowest BCUT2D eigenvalue weighted by atomic mass is 10.2. The summed E-state index contributed by atoms with van der Waals surface area (Å²) < 4.78 is 4.71. The van der Waals surface area contributed by atoms with Crippen molar-refractivity contribution in [3.63, 3.8) is 0 Å². The van der Waals surface area contributed by atoms with E-state index in [1.165, 1.54) is 6.20 Å². The van der Waals surface area contributed by atoms with Crippen LogP contribution in [0.2, 0.25) is 5.02 Å². The lowest BCUT2D eigenvalue weighted by Gasteiger charge is -2.07. The molecular formula is C13H14ClN3O2. The molecule has 0 fully saturated rings. The Kier molecular flexibility index (Phi) is 5.71. The Bertz CT molecular complexity index is 535. The van der Waals surface area contributed by atoms with Gasteiger partial charge in [0.25, 0.3) is 0 Å². The van der Waals surface area contributed by atoms with Crippen molar-refractivity contribution in [2.24, 2.45) is 0 Å². The number of carbonyl (C=O) groups is 1. The fraction of sp³-hybridized carbons (Fsp3) is 0.231. The van der Waals surface area contributed by atoms with E-state index in [0.29, 0.717) is 10.7 Å². The molecule has 0 aromatic heterocycles. The molecule has 0 atom stereocenters. The number of nitrogens with one attached hydrogen (secondary N) is 2. The van der Waals surface area contributed by atoms with E-state index in [1.54, 1.807) is 19.1 Å². The molecule has 0 saturated heterocycles. The number of halogens is 1. The van der Waals surface area contributed by atoms with Crippen molar-refractivity contribution in [3.05, 3.63) is 40.6 Å². The first-order chi connectivity index (χ1) is 9.08. The van der Waals surface area contributed by atoms with Crippen LogP contribution in [0.5, 0.6) is 0 Å². The maximum Gasteiger partial charge on any atom is 0.350 e. The molecule has 6 heteroatoms.